The molecule has 1 aliphatic rings. The van der Waals surface area contributed by atoms with E-state index in [1.54, 1.807) is 16.5 Å². The van der Waals surface area contributed by atoms with Gasteiger partial charge in [-0.1, -0.05) is 6.42 Å². The minimum absolute atomic E-state index is 0.165. The Hall–Kier alpha value is -1.95. The molecule has 18 heavy (non-hydrogen) atoms. The van der Waals surface area contributed by atoms with Crippen LogP contribution < -0.4 is 5.32 Å². The van der Waals surface area contributed by atoms with E-state index in [0.717, 1.165) is 25.2 Å². The van der Waals surface area contributed by atoms with Crippen molar-refractivity contribution in [3.63, 3.8) is 0 Å². The van der Waals surface area contributed by atoms with Gasteiger partial charge in [-0.25, -0.2) is 4.79 Å². The van der Waals surface area contributed by atoms with Crippen LogP contribution in [0.2, 0.25) is 0 Å². The summed E-state index contributed by atoms with van der Waals surface area (Å²) in [5.74, 6) is -0.177. The van der Waals surface area contributed by atoms with Gasteiger partial charge in [0.15, 0.2) is 11.5 Å². The summed E-state index contributed by atoms with van der Waals surface area (Å²) in [5, 5.41) is 20.7. The Labute approximate surface area is 104 Å². The van der Waals surface area contributed by atoms with Crippen LogP contribution in [0.4, 0.5) is 0 Å². The summed E-state index contributed by atoms with van der Waals surface area (Å²) in [6.07, 6.45) is 5.16. The van der Waals surface area contributed by atoms with Gasteiger partial charge in [0.2, 0.25) is 0 Å². The maximum Gasteiger partial charge on any atom is 0.339 e. The molecule has 3 rings (SSSR count). The van der Waals surface area contributed by atoms with Crippen LogP contribution in [-0.4, -0.2) is 32.2 Å². The molecular formula is C12H14N4O2. The lowest BCUT2D eigenvalue weighted by Crippen LogP contribution is -2.28. The molecule has 0 spiro atoms. The van der Waals surface area contributed by atoms with Crippen LogP contribution in [-0.2, 0) is 0 Å². The second kappa shape index (κ2) is 4.38. The van der Waals surface area contributed by atoms with Gasteiger partial charge < -0.3 is 10.4 Å². The largest absolute Gasteiger partial charge is 0.478 e. The first-order chi connectivity index (χ1) is 8.77. The number of aromatic carboxylic acids is 1. The van der Waals surface area contributed by atoms with E-state index in [1.807, 2.05) is 6.20 Å². The topological polar surface area (TPSA) is 79.5 Å². The molecule has 0 bridgehead atoms. The smallest absolute Gasteiger partial charge is 0.339 e. The van der Waals surface area contributed by atoms with Crippen molar-refractivity contribution in [2.75, 3.05) is 6.54 Å². The number of carboxylic acids is 1. The summed E-state index contributed by atoms with van der Waals surface area (Å²) >= 11 is 0. The molecule has 2 aromatic heterocycles. The third-order valence-corrected chi connectivity index (χ3v) is 3.31. The molecule has 0 amide bonds. The third-order valence-electron chi connectivity index (χ3n) is 3.31. The van der Waals surface area contributed by atoms with Crippen molar-refractivity contribution in [1.82, 2.24) is 19.9 Å². The Kier molecular flexibility index (Phi) is 2.71. The first-order valence-corrected chi connectivity index (χ1v) is 6.07. The Morgan fingerprint density at radius 1 is 1.44 bits per heavy atom. The summed E-state index contributed by atoms with van der Waals surface area (Å²) in [5.41, 5.74) is 0.597. The summed E-state index contributed by atoms with van der Waals surface area (Å²) in [6, 6.07) is 3.43. The Balaban J connectivity index is 2.08. The predicted molar refractivity (Wildman–Crippen MR) is 64.5 cm³/mol. The maximum absolute atomic E-state index is 11.1. The van der Waals surface area contributed by atoms with E-state index in [9.17, 15) is 4.79 Å². The van der Waals surface area contributed by atoms with Gasteiger partial charge in [-0.2, -0.15) is 0 Å². The van der Waals surface area contributed by atoms with Crippen molar-refractivity contribution in [1.29, 1.82) is 0 Å². The highest BCUT2D eigenvalue weighted by Gasteiger charge is 2.21. The van der Waals surface area contributed by atoms with Gasteiger partial charge in [-0.05, 0) is 31.5 Å². The molecule has 94 valence electrons. The lowest BCUT2D eigenvalue weighted by Gasteiger charge is -2.21. The molecule has 1 unspecified atom stereocenters. The third kappa shape index (κ3) is 1.74. The van der Waals surface area contributed by atoms with Crippen molar-refractivity contribution >= 4 is 11.6 Å². The van der Waals surface area contributed by atoms with Gasteiger partial charge in [0.05, 0.1) is 6.04 Å². The SMILES string of the molecule is O=C(O)c1cccn2c(C3CCCCN3)nnc12. The molecule has 6 heteroatoms. The Morgan fingerprint density at radius 3 is 3.06 bits per heavy atom. The molecule has 1 fully saturated rings. The van der Waals surface area contributed by atoms with E-state index in [-0.39, 0.29) is 11.6 Å². The number of carbonyl (C=O) groups is 1. The maximum atomic E-state index is 11.1. The lowest BCUT2D eigenvalue weighted by molar-refractivity contribution is 0.0698. The van der Waals surface area contributed by atoms with Gasteiger partial charge in [0, 0.05) is 6.20 Å². The monoisotopic (exact) mass is 246 g/mol. The number of carboxylic acid groups (broad SMARTS) is 1. The molecule has 0 aromatic carbocycles. The standard InChI is InChI=1S/C12H14N4O2/c17-12(18)8-4-3-7-16-10(8)14-15-11(16)9-5-1-2-6-13-9/h3-4,7,9,13H,1-2,5-6H2,(H,17,18). The molecule has 1 saturated heterocycles. The van der Waals surface area contributed by atoms with E-state index < -0.39 is 5.97 Å². The van der Waals surface area contributed by atoms with Crippen LogP contribution in [0.15, 0.2) is 18.3 Å². The van der Waals surface area contributed by atoms with Gasteiger partial charge in [0.25, 0.3) is 0 Å². The van der Waals surface area contributed by atoms with Gasteiger partial charge in [-0.3, -0.25) is 4.40 Å². The van der Waals surface area contributed by atoms with Crippen LogP contribution in [0.5, 0.6) is 0 Å². The summed E-state index contributed by atoms with van der Waals surface area (Å²) in [4.78, 5) is 11.1. The van der Waals surface area contributed by atoms with Crippen LogP contribution in [0.1, 0.15) is 41.5 Å². The average molecular weight is 246 g/mol. The molecule has 6 nitrogen and oxygen atoms in total. The van der Waals surface area contributed by atoms with Crippen LogP contribution in [0, 0.1) is 0 Å². The Morgan fingerprint density at radius 2 is 2.33 bits per heavy atom. The minimum atomic E-state index is -0.976. The molecule has 0 saturated carbocycles. The van der Waals surface area contributed by atoms with Gasteiger partial charge in [0.1, 0.15) is 5.56 Å². The fourth-order valence-electron chi connectivity index (χ4n) is 2.41. The van der Waals surface area contributed by atoms with E-state index >= 15 is 0 Å². The number of aromatic nitrogens is 3. The van der Waals surface area contributed by atoms with Crippen molar-refractivity contribution in [2.45, 2.75) is 25.3 Å². The minimum Gasteiger partial charge on any atom is -0.478 e. The van der Waals surface area contributed by atoms with E-state index in [0.29, 0.717) is 5.65 Å². The second-order valence-corrected chi connectivity index (χ2v) is 4.48. The molecule has 3 heterocycles. The number of hydrogen-bond donors (Lipinski definition) is 2. The first-order valence-electron chi connectivity index (χ1n) is 6.07. The molecule has 0 radical (unpaired) electrons. The van der Waals surface area contributed by atoms with E-state index in [1.165, 1.54) is 6.42 Å². The average Bonchev–Trinajstić information content (AvgIpc) is 2.83. The van der Waals surface area contributed by atoms with Gasteiger partial charge in [-0.15, -0.1) is 10.2 Å². The van der Waals surface area contributed by atoms with Gasteiger partial charge >= 0.3 is 5.97 Å². The van der Waals surface area contributed by atoms with Crippen molar-refractivity contribution in [3.8, 4) is 0 Å². The summed E-state index contributed by atoms with van der Waals surface area (Å²) in [6.45, 7) is 0.970. The number of rotatable bonds is 2. The summed E-state index contributed by atoms with van der Waals surface area (Å²) in [7, 11) is 0. The van der Waals surface area contributed by atoms with Crippen molar-refractivity contribution in [2.24, 2.45) is 0 Å². The van der Waals surface area contributed by atoms with E-state index in [4.69, 9.17) is 5.11 Å². The van der Waals surface area contributed by atoms with Crippen molar-refractivity contribution < 1.29 is 9.90 Å². The molecule has 1 aliphatic heterocycles. The molecule has 0 aliphatic carbocycles. The highest BCUT2D eigenvalue weighted by molar-refractivity contribution is 5.94. The predicted octanol–water partition coefficient (Wildman–Crippen LogP) is 1.24. The van der Waals surface area contributed by atoms with E-state index in [2.05, 4.69) is 15.5 Å². The number of fused-ring (bicyclic) bond motifs is 1. The van der Waals surface area contributed by atoms with Crippen LogP contribution in [0.25, 0.3) is 5.65 Å². The molecule has 2 aromatic rings. The molecule has 1 atom stereocenters. The number of pyridine rings is 1. The summed E-state index contributed by atoms with van der Waals surface area (Å²) < 4.78 is 1.77. The number of nitrogens with one attached hydrogen (secondary N) is 1. The van der Waals surface area contributed by atoms with Crippen LogP contribution in [0.3, 0.4) is 0 Å². The van der Waals surface area contributed by atoms with Crippen molar-refractivity contribution in [3.05, 3.63) is 29.7 Å². The fourth-order valence-corrected chi connectivity index (χ4v) is 2.41. The second-order valence-electron chi connectivity index (χ2n) is 4.48. The number of hydrogen-bond acceptors (Lipinski definition) is 4. The lowest BCUT2D eigenvalue weighted by atomic mass is 10.0. The number of nitrogens with zero attached hydrogens (tertiary/aromatic N) is 3. The molecule has 2 N–H and O–H groups in total. The van der Waals surface area contributed by atoms with Crippen LogP contribution >= 0.6 is 0 Å². The zero-order valence-corrected chi connectivity index (χ0v) is 9.83. The molecular weight excluding hydrogens is 232 g/mol. The fraction of sp³-hybridized carbons (Fsp3) is 0.417. The highest BCUT2D eigenvalue weighted by Crippen LogP contribution is 2.22. The zero-order chi connectivity index (χ0) is 12.5. The highest BCUT2D eigenvalue weighted by atomic mass is 16.4. The first kappa shape index (κ1) is 11.2. The number of piperidine rings is 1. The normalized spacial score (nSPS) is 20.1. The Bertz CT molecular complexity index is 587. The zero-order valence-electron chi connectivity index (χ0n) is 9.83. The quantitative estimate of drug-likeness (QED) is 0.833.